The molecule has 0 saturated heterocycles. The van der Waals surface area contributed by atoms with Crippen LogP contribution in [0.5, 0.6) is 0 Å². The summed E-state index contributed by atoms with van der Waals surface area (Å²) in [5.74, 6) is 0.0866. The zero-order valence-electron chi connectivity index (χ0n) is 24.9. The SMILES string of the molecule is CCCCCCCCCCCCC(C)(CCCCCCC)C(=O)OCCCCCCCCCCC. The zero-order valence-corrected chi connectivity index (χ0v) is 24.9. The van der Waals surface area contributed by atoms with Crippen LogP contribution in [0.2, 0.25) is 0 Å². The molecule has 0 aromatic carbocycles. The van der Waals surface area contributed by atoms with Crippen LogP contribution in [-0.2, 0) is 9.53 Å². The van der Waals surface area contributed by atoms with E-state index < -0.39 is 0 Å². The second-order valence-electron chi connectivity index (χ2n) is 11.6. The number of esters is 1. The summed E-state index contributed by atoms with van der Waals surface area (Å²) >= 11 is 0. The molecule has 0 aliphatic carbocycles. The third-order valence-electron chi connectivity index (χ3n) is 7.89. The first-order valence-electron chi connectivity index (χ1n) is 16.3. The van der Waals surface area contributed by atoms with E-state index in [-0.39, 0.29) is 11.4 Å². The molecule has 35 heavy (non-hydrogen) atoms. The lowest BCUT2D eigenvalue weighted by Crippen LogP contribution is -2.30. The largest absolute Gasteiger partial charge is 0.465 e. The van der Waals surface area contributed by atoms with Gasteiger partial charge in [-0.15, -0.1) is 0 Å². The summed E-state index contributed by atoms with van der Waals surface area (Å²) in [5.41, 5.74) is -0.272. The van der Waals surface area contributed by atoms with Crippen LogP contribution >= 0.6 is 0 Å². The molecule has 0 saturated carbocycles. The maximum atomic E-state index is 13.1. The highest BCUT2D eigenvalue weighted by molar-refractivity contribution is 5.76. The fraction of sp³-hybridized carbons (Fsp3) is 0.970. The van der Waals surface area contributed by atoms with Crippen molar-refractivity contribution in [1.29, 1.82) is 0 Å². The van der Waals surface area contributed by atoms with Crippen molar-refractivity contribution in [1.82, 2.24) is 0 Å². The number of rotatable bonds is 28. The van der Waals surface area contributed by atoms with Gasteiger partial charge in [-0.1, -0.05) is 168 Å². The lowest BCUT2D eigenvalue weighted by atomic mass is 9.79. The predicted molar refractivity (Wildman–Crippen MR) is 156 cm³/mol. The first-order chi connectivity index (χ1) is 17.1. The molecule has 0 radical (unpaired) electrons. The molecule has 2 heteroatoms. The first-order valence-corrected chi connectivity index (χ1v) is 16.3. The van der Waals surface area contributed by atoms with Crippen molar-refractivity contribution < 1.29 is 9.53 Å². The smallest absolute Gasteiger partial charge is 0.311 e. The Balaban J connectivity index is 4.13. The van der Waals surface area contributed by atoms with E-state index in [0.717, 1.165) is 19.3 Å². The minimum Gasteiger partial charge on any atom is -0.465 e. The third kappa shape index (κ3) is 22.4. The zero-order chi connectivity index (χ0) is 25.9. The van der Waals surface area contributed by atoms with Gasteiger partial charge in [0.1, 0.15) is 0 Å². The Hall–Kier alpha value is -0.530. The van der Waals surface area contributed by atoms with Crippen LogP contribution in [-0.4, -0.2) is 12.6 Å². The predicted octanol–water partition coefficient (Wildman–Crippen LogP) is 11.7. The molecule has 0 heterocycles. The van der Waals surface area contributed by atoms with E-state index in [0.29, 0.717) is 6.61 Å². The van der Waals surface area contributed by atoms with Crippen molar-refractivity contribution in [2.24, 2.45) is 5.41 Å². The van der Waals surface area contributed by atoms with Gasteiger partial charge >= 0.3 is 5.97 Å². The lowest BCUT2D eigenvalue weighted by Gasteiger charge is -2.27. The molecule has 210 valence electrons. The summed E-state index contributed by atoms with van der Waals surface area (Å²) in [5, 5.41) is 0. The van der Waals surface area contributed by atoms with Crippen molar-refractivity contribution in [2.45, 2.75) is 195 Å². The van der Waals surface area contributed by atoms with Crippen LogP contribution in [0.4, 0.5) is 0 Å². The van der Waals surface area contributed by atoms with Gasteiger partial charge < -0.3 is 4.74 Å². The van der Waals surface area contributed by atoms with E-state index in [1.54, 1.807) is 0 Å². The summed E-state index contributed by atoms with van der Waals surface area (Å²) in [4.78, 5) is 13.1. The van der Waals surface area contributed by atoms with E-state index in [9.17, 15) is 4.79 Å². The first kappa shape index (κ1) is 34.5. The van der Waals surface area contributed by atoms with Crippen LogP contribution < -0.4 is 0 Å². The Kier molecular flexibility index (Phi) is 26.1. The molecule has 0 aromatic heterocycles. The van der Waals surface area contributed by atoms with Gasteiger partial charge in [0.2, 0.25) is 0 Å². The number of hydrogen-bond acceptors (Lipinski definition) is 2. The van der Waals surface area contributed by atoms with E-state index in [1.807, 2.05) is 0 Å². The van der Waals surface area contributed by atoms with E-state index >= 15 is 0 Å². The minimum atomic E-state index is -0.272. The maximum Gasteiger partial charge on any atom is 0.311 e. The van der Waals surface area contributed by atoms with E-state index in [4.69, 9.17) is 4.74 Å². The molecule has 0 N–H and O–H groups in total. The molecule has 0 aliphatic heterocycles. The van der Waals surface area contributed by atoms with Gasteiger partial charge in [-0.05, 0) is 26.2 Å². The molecular weight excluding hydrogens is 428 g/mol. The normalized spacial score (nSPS) is 13.1. The third-order valence-corrected chi connectivity index (χ3v) is 7.89. The van der Waals surface area contributed by atoms with Crippen LogP contribution in [0.3, 0.4) is 0 Å². The van der Waals surface area contributed by atoms with Gasteiger partial charge in [0.05, 0.1) is 12.0 Å². The van der Waals surface area contributed by atoms with Gasteiger partial charge in [0.25, 0.3) is 0 Å². The summed E-state index contributed by atoms with van der Waals surface area (Å²) in [6.45, 7) is 9.64. The molecule has 0 bridgehead atoms. The van der Waals surface area contributed by atoms with Crippen LogP contribution in [0.25, 0.3) is 0 Å². The molecular formula is C33H66O2. The highest BCUT2D eigenvalue weighted by Crippen LogP contribution is 2.33. The fourth-order valence-corrected chi connectivity index (χ4v) is 5.20. The van der Waals surface area contributed by atoms with Gasteiger partial charge in [0.15, 0.2) is 0 Å². The van der Waals surface area contributed by atoms with Gasteiger partial charge in [0, 0.05) is 0 Å². The number of carbonyl (C=O) groups excluding carboxylic acids is 1. The van der Waals surface area contributed by atoms with E-state index in [2.05, 4.69) is 27.7 Å². The highest BCUT2D eigenvalue weighted by Gasteiger charge is 2.33. The Bertz CT molecular complexity index is 433. The Morgan fingerprint density at radius 1 is 0.457 bits per heavy atom. The standard InChI is InChI=1S/C33H66O2/c1-5-8-11-14-16-18-19-21-24-27-30-33(4,29-26-23-13-10-7-3)32(34)35-31-28-25-22-20-17-15-12-9-6-2/h5-31H2,1-4H3. The van der Waals surface area contributed by atoms with Crippen molar-refractivity contribution in [3.63, 3.8) is 0 Å². The second-order valence-corrected chi connectivity index (χ2v) is 11.6. The van der Waals surface area contributed by atoms with Gasteiger partial charge in [-0.25, -0.2) is 0 Å². The molecule has 2 nitrogen and oxygen atoms in total. The van der Waals surface area contributed by atoms with E-state index in [1.165, 1.54) is 148 Å². The molecule has 1 atom stereocenters. The van der Waals surface area contributed by atoms with Crippen molar-refractivity contribution >= 4 is 5.97 Å². The maximum absolute atomic E-state index is 13.1. The molecule has 0 aliphatic rings. The number of ether oxygens (including phenoxy) is 1. The average Bonchev–Trinajstić information content (AvgIpc) is 2.86. The van der Waals surface area contributed by atoms with Gasteiger partial charge in [-0.2, -0.15) is 0 Å². The Labute approximate surface area is 222 Å². The van der Waals surface area contributed by atoms with Crippen LogP contribution in [0.15, 0.2) is 0 Å². The molecule has 0 aromatic rings. The second kappa shape index (κ2) is 26.5. The number of carbonyl (C=O) groups is 1. The summed E-state index contributed by atoms with van der Waals surface area (Å²) in [7, 11) is 0. The van der Waals surface area contributed by atoms with Crippen molar-refractivity contribution in [3.05, 3.63) is 0 Å². The topological polar surface area (TPSA) is 26.3 Å². The van der Waals surface area contributed by atoms with Crippen LogP contribution in [0, 0.1) is 5.41 Å². The average molecular weight is 495 g/mol. The molecule has 0 spiro atoms. The Morgan fingerprint density at radius 2 is 0.743 bits per heavy atom. The van der Waals surface area contributed by atoms with Crippen LogP contribution in [0.1, 0.15) is 195 Å². The van der Waals surface area contributed by atoms with Crippen molar-refractivity contribution in [3.8, 4) is 0 Å². The molecule has 1 unspecified atom stereocenters. The number of hydrogen-bond donors (Lipinski definition) is 0. The summed E-state index contributed by atoms with van der Waals surface area (Å²) < 4.78 is 5.85. The summed E-state index contributed by atoms with van der Waals surface area (Å²) in [6, 6.07) is 0. The molecule has 0 amide bonds. The fourth-order valence-electron chi connectivity index (χ4n) is 5.20. The van der Waals surface area contributed by atoms with Crippen molar-refractivity contribution in [2.75, 3.05) is 6.61 Å². The van der Waals surface area contributed by atoms with Gasteiger partial charge in [-0.3, -0.25) is 4.79 Å². The highest BCUT2D eigenvalue weighted by atomic mass is 16.5. The quantitative estimate of drug-likeness (QED) is 0.0798. The monoisotopic (exact) mass is 495 g/mol. The number of unbranched alkanes of at least 4 members (excludes halogenated alkanes) is 21. The minimum absolute atomic E-state index is 0.0866. The molecule has 0 rings (SSSR count). The Morgan fingerprint density at radius 3 is 1.09 bits per heavy atom. The lowest BCUT2D eigenvalue weighted by molar-refractivity contribution is -0.156. The molecule has 0 fully saturated rings. The summed E-state index contributed by atoms with van der Waals surface area (Å²) in [6.07, 6.45) is 33.5.